The summed E-state index contributed by atoms with van der Waals surface area (Å²) in [5.74, 6) is 0.954. The lowest BCUT2D eigenvalue weighted by atomic mass is 9.79. The predicted octanol–water partition coefficient (Wildman–Crippen LogP) is 2.70. The second kappa shape index (κ2) is 6.41. The number of hydrogen-bond acceptors (Lipinski definition) is 3. The zero-order valence-corrected chi connectivity index (χ0v) is 12.0. The molecule has 106 valence electrons. The van der Waals surface area contributed by atoms with Gasteiger partial charge in [-0.3, -0.25) is 0 Å². The molecule has 1 aliphatic rings. The minimum Gasteiger partial charge on any atom is -0.444 e. The number of nitrogens with one attached hydrogen (secondary N) is 1. The molecule has 18 heavy (non-hydrogen) atoms. The van der Waals surface area contributed by atoms with Crippen LogP contribution >= 0.6 is 0 Å². The number of aliphatic hydroxyl groups is 1. The number of alkyl carbamates (subject to hydrolysis) is 1. The fraction of sp³-hybridized carbons (Fsp3) is 0.929. The average molecular weight is 257 g/mol. The molecule has 1 saturated carbocycles. The van der Waals surface area contributed by atoms with Gasteiger partial charge in [-0.2, -0.15) is 0 Å². The van der Waals surface area contributed by atoms with E-state index in [0.29, 0.717) is 18.4 Å². The third kappa shape index (κ3) is 5.25. The van der Waals surface area contributed by atoms with E-state index in [9.17, 15) is 4.79 Å². The van der Waals surface area contributed by atoms with E-state index < -0.39 is 5.60 Å². The van der Waals surface area contributed by atoms with Gasteiger partial charge in [0.25, 0.3) is 0 Å². The maximum absolute atomic E-state index is 11.7. The van der Waals surface area contributed by atoms with E-state index in [1.165, 1.54) is 0 Å². The summed E-state index contributed by atoms with van der Waals surface area (Å²) in [6.07, 6.45) is 3.92. The second-order valence-electron chi connectivity index (χ2n) is 6.40. The Hall–Kier alpha value is -0.770. The van der Waals surface area contributed by atoms with E-state index in [0.717, 1.165) is 25.7 Å². The summed E-state index contributed by atoms with van der Waals surface area (Å²) in [6.45, 7) is 7.92. The Morgan fingerprint density at radius 3 is 2.33 bits per heavy atom. The summed E-state index contributed by atoms with van der Waals surface area (Å²) >= 11 is 0. The highest BCUT2D eigenvalue weighted by molar-refractivity contribution is 5.68. The minimum atomic E-state index is -0.446. The predicted molar refractivity (Wildman–Crippen MR) is 71.4 cm³/mol. The first-order valence-corrected chi connectivity index (χ1v) is 6.92. The molecule has 1 amide bonds. The Labute approximate surface area is 110 Å². The highest BCUT2D eigenvalue weighted by Crippen LogP contribution is 2.30. The van der Waals surface area contributed by atoms with Crippen molar-refractivity contribution in [1.82, 2.24) is 5.32 Å². The monoisotopic (exact) mass is 257 g/mol. The van der Waals surface area contributed by atoms with E-state index in [1.54, 1.807) is 0 Å². The van der Waals surface area contributed by atoms with Crippen LogP contribution in [0.2, 0.25) is 0 Å². The summed E-state index contributed by atoms with van der Waals surface area (Å²) in [4.78, 5) is 11.7. The van der Waals surface area contributed by atoms with Crippen molar-refractivity contribution in [3.05, 3.63) is 0 Å². The van der Waals surface area contributed by atoms with Crippen LogP contribution in [0.15, 0.2) is 0 Å². The van der Waals surface area contributed by atoms with Gasteiger partial charge in [-0.25, -0.2) is 4.79 Å². The van der Waals surface area contributed by atoms with E-state index in [1.807, 2.05) is 27.7 Å². The van der Waals surface area contributed by atoms with Gasteiger partial charge in [-0.1, -0.05) is 0 Å². The maximum Gasteiger partial charge on any atom is 0.407 e. The smallest absolute Gasteiger partial charge is 0.407 e. The maximum atomic E-state index is 11.7. The van der Waals surface area contributed by atoms with Crippen molar-refractivity contribution in [3.8, 4) is 0 Å². The molecule has 1 unspecified atom stereocenters. The SMILES string of the molecule is CC(NC(=O)OC(C)(C)C)C1CCC(CO)CC1. The van der Waals surface area contributed by atoms with Gasteiger partial charge in [0.05, 0.1) is 0 Å². The molecule has 1 rings (SSSR count). The molecule has 0 heterocycles. The largest absolute Gasteiger partial charge is 0.444 e. The van der Waals surface area contributed by atoms with Crippen molar-refractivity contribution in [3.63, 3.8) is 0 Å². The first-order valence-electron chi connectivity index (χ1n) is 6.92. The standard InChI is InChI=1S/C14H27NO3/c1-10(15-13(17)18-14(2,3)4)12-7-5-11(9-16)6-8-12/h10-12,16H,5-9H2,1-4H3,(H,15,17). The number of rotatable bonds is 3. The number of hydrogen-bond donors (Lipinski definition) is 2. The van der Waals surface area contributed by atoms with Gasteiger partial charge in [0.15, 0.2) is 0 Å². The molecule has 2 N–H and O–H groups in total. The van der Waals surface area contributed by atoms with E-state index >= 15 is 0 Å². The van der Waals surface area contributed by atoms with Crippen molar-refractivity contribution in [2.24, 2.45) is 11.8 Å². The van der Waals surface area contributed by atoms with Gasteiger partial charge in [-0.15, -0.1) is 0 Å². The van der Waals surface area contributed by atoms with Crippen LogP contribution in [0.4, 0.5) is 4.79 Å². The topological polar surface area (TPSA) is 58.6 Å². The molecule has 0 aromatic rings. The molecule has 0 radical (unpaired) electrons. The van der Waals surface area contributed by atoms with Crippen LogP contribution in [-0.2, 0) is 4.74 Å². The summed E-state index contributed by atoms with van der Waals surface area (Å²) in [7, 11) is 0. The molecule has 0 aromatic heterocycles. The van der Waals surface area contributed by atoms with Crippen molar-refractivity contribution in [2.45, 2.75) is 65.0 Å². The molecule has 1 aliphatic carbocycles. The summed E-state index contributed by atoms with van der Waals surface area (Å²) < 4.78 is 5.25. The van der Waals surface area contributed by atoms with Crippen molar-refractivity contribution in [1.29, 1.82) is 0 Å². The van der Waals surface area contributed by atoms with Crippen LogP contribution in [0.1, 0.15) is 53.4 Å². The highest BCUT2D eigenvalue weighted by atomic mass is 16.6. The van der Waals surface area contributed by atoms with E-state index in [4.69, 9.17) is 9.84 Å². The molecule has 0 aromatic carbocycles. The third-order valence-corrected chi connectivity index (χ3v) is 3.60. The molecule has 1 fully saturated rings. The Balaban J connectivity index is 2.33. The van der Waals surface area contributed by atoms with Crippen molar-refractivity contribution < 1.29 is 14.6 Å². The van der Waals surface area contributed by atoms with E-state index in [-0.39, 0.29) is 12.1 Å². The fourth-order valence-corrected chi connectivity index (χ4v) is 2.48. The first-order chi connectivity index (χ1) is 8.31. The zero-order chi connectivity index (χ0) is 13.8. The molecule has 4 nitrogen and oxygen atoms in total. The van der Waals surface area contributed by atoms with Crippen LogP contribution in [0.5, 0.6) is 0 Å². The molecule has 0 aliphatic heterocycles. The normalized spacial score (nSPS) is 26.5. The van der Waals surface area contributed by atoms with Gasteiger partial charge in [0.1, 0.15) is 5.60 Å². The second-order valence-corrected chi connectivity index (χ2v) is 6.40. The minimum absolute atomic E-state index is 0.138. The van der Waals surface area contributed by atoms with Crippen LogP contribution in [0.25, 0.3) is 0 Å². The van der Waals surface area contributed by atoms with Crippen LogP contribution in [0.3, 0.4) is 0 Å². The molecule has 1 atom stereocenters. The van der Waals surface area contributed by atoms with Crippen LogP contribution in [-0.4, -0.2) is 29.4 Å². The number of carbonyl (C=O) groups is 1. The van der Waals surface area contributed by atoms with Gasteiger partial charge < -0.3 is 15.2 Å². The van der Waals surface area contributed by atoms with Crippen LogP contribution in [0, 0.1) is 11.8 Å². The van der Waals surface area contributed by atoms with Gasteiger partial charge in [0.2, 0.25) is 0 Å². The van der Waals surface area contributed by atoms with Gasteiger partial charge >= 0.3 is 6.09 Å². The highest BCUT2D eigenvalue weighted by Gasteiger charge is 2.27. The van der Waals surface area contributed by atoms with Crippen LogP contribution < -0.4 is 5.32 Å². The molecule has 4 heteroatoms. The van der Waals surface area contributed by atoms with Gasteiger partial charge in [-0.05, 0) is 65.2 Å². The van der Waals surface area contributed by atoms with Crippen molar-refractivity contribution >= 4 is 6.09 Å². The lowest BCUT2D eigenvalue weighted by molar-refractivity contribution is 0.0475. The number of aliphatic hydroxyl groups excluding tert-OH is 1. The number of amides is 1. The average Bonchev–Trinajstić information content (AvgIpc) is 2.26. The summed E-state index contributed by atoms with van der Waals surface area (Å²) in [5.41, 5.74) is -0.446. The molecule has 0 saturated heterocycles. The fourth-order valence-electron chi connectivity index (χ4n) is 2.48. The quantitative estimate of drug-likeness (QED) is 0.817. The Morgan fingerprint density at radius 1 is 1.33 bits per heavy atom. The Morgan fingerprint density at radius 2 is 1.89 bits per heavy atom. The lowest BCUT2D eigenvalue weighted by Gasteiger charge is -2.32. The summed E-state index contributed by atoms with van der Waals surface area (Å²) in [6, 6.07) is 0.138. The van der Waals surface area contributed by atoms with E-state index in [2.05, 4.69) is 5.32 Å². The number of ether oxygens (including phenoxy) is 1. The third-order valence-electron chi connectivity index (χ3n) is 3.60. The zero-order valence-electron chi connectivity index (χ0n) is 12.0. The molecular weight excluding hydrogens is 230 g/mol. The molecule has 0 bridgehead atoms. The Bertz CT molecular complexity index is 265. The van der Waals surface area contributed by atoms with Crippen molar-refractivity contribution in [2.75, 3.05) is 6.61 Å². The molecule has 0 spiro atoms. The lowest BCUT2D eigenvalue weighted by Crippen LogP contribution is -2.42. The number of carbonyl (C=O) groups excluding carboxylic acids is 1. The Kier molecular flexibility index (Phi) is 5.45. The molecular formula is C14H27NO3. The van der Waals surface area contributed by atoms with Gasteiger partial charge in [0, 0.05) is 12.6 Å². The first kappa shape index (κ1) is 15.3. The summed E-state index contributed by atoms with van der Waals surface area (Å²) in [5, 5.41) is 12.0.